The summed E-state index contributed by atoms with van der Waals surface area (Å²) in [7, 11) is 1.61. The molecule has 29 heavy (non-hydrogen) atoms. The largest absolute Gasteiger partial charge is 0.489 e. The van der Waals surface area contributed by atoms with Gasteiger partial charge in [-0.15, -0.1) is 0 Å². The van der Waals surface area contributed by atoms with E-state index in [9.17, 15) is 4.79 Å². The van der Waals surface area contributed by atoms with Crippen LogP contribution in [0.3, 0.4) is 0 Å². The fourth-order valence-electron chi connectivity index (χ4n) is 2.79. The van der Waals surface area contributed by atoms with Crippen LogP contribution >= 0.6 is 0 Å². The molecule has 0 unspecified atom stereocenters. The van der Waals surface area contributed by atoms with Gasteiger partial charge in [0.1, 0.15) is 18.1 Å². The molecule has 0 fully saturated rings. The quantitative estimate of drug-likeness (QED) is 0.340. The highest BCUT2D eigenvalue weighted by Gasteiger charge is 2.12. The highest BCUT2D eigenvalue weighted by Crippen LogP contribution is 2.35. The van der Waals surface area contributed by atoms with Crippen LogP contribution in [0.1, 0.15) is 10.5 Å². The Kier molecular flexibility index (Phi) is 6.51. The first-order chi connectivity index (χ1) is 14.2. The predicted octanol–water partition coefficient (Wildman–Crippen LogP) is 3.63. The van der Waals surface area contributed by atoms with E-state index >= 15 is 0 Å². The summed E-state index contributed by atoms with van der Waals surface area (Å²) in [5, 5.41) is 14.1. The van der Waals surface area contributed by atoms with Gasteiger partial charge >= 0.3 is 0 Å². The number of nitrogens with zero attached hydrogens (tertiary/aromatic N) is 3. The van der Waals surface area contributed by atoms with E-state index in [1.54, 1.807) is 19.4 Å². The van der Waals surface area contributed by atoms with E-state index in [0.717, 1.165) is 22.0 Å². The normalized spacial score (nSPS) is 10.3. The maximum atomic E-state index is 11.0. The predicted molar refractivity (Wildman–Crippen MR) is 111 cm³/mol. The molecule has 3 aromatic rings. The monoisotopic (exact) mass is 388 g/mol. The summed E-state index contributed by atoms with van der Waals surface area (Å²) in [6, 6.07) is 13.2. The third kappa shape index (κ3) is 4.75. The number of hydrogen-bond donors (Lipinski definition) is 1. The highest BCUT2D eigenvalue weighted by atomic mass is 16.5. The van der Waals surface area contributed by atoms with Gasteiger partial charge in [0, 0.05) is 36.4 Å². The number of anilines is 1. The Hall–Kier alpha value is -3.76. The van der Waals surface area contributed by atoms with Crippen molar-refractivity contribution in [3.63, 3.8) is 0 Å². The molecule has 1 heterocycles. The molecule has 1 N–H and O–H groups in total. The number of nitrogens with one attached hydrogen (secondary N) is 1. The van der Waals surface area contributed by atoms with Crippen molar-refractivity contribution in [3.8, 4) is 23.2 Å². The zero-order valence-corrected chi connectivity index (χ0v) is 16.0. The number of rotatable bonds is 9. The van der Waals surface area contributed by atoms with Gasteiger partial charge in [-0.2, -0.15) is 5.26 Å². The molecule has 0 aliphatic heterocycles. The van der Waals surface area contributed by atoms with Crippen molar-refractivity contribution in [2.24, 2.45) is 0 Å². The number of aromatic nitrogens is 2. The van der Waals surface area contributed by atoms with Crippen molar-refractivity contribution < 1.29 is 14.3 Å². The summed E-state index contributed by atoms with van der Waals surface area (Å²) in [6.45, 7) is 4.85. The number of methoxy groups -OCH3 is 1. The van der Waals surface area contributed by atoms with Crippen LogP contribution in [0.15, 0.2) is 54.7 Å². The molecule has 0 radical (unpaired) electrons. The van der Waals surface area contributed by atoms with Gasteiger partial charge in [-0.05, 0) is 23.6 Å². The average molecular weight is 388 g/mol. The molecular weight excluding hydrogens is 368 g/mol. The zero-order valence-electron chi connectivity index (χ0n) is 16.0. The smallest absolute Gasteiger partial charge is 0.168 e. The number of nitriles is 1. The SMILES string of the molecule is C=C(C#N)CNc1c(OCCOC)ccc2ccc(-c3nccc(C=O)n3)cc12. The standard InChI is InChI=1S/C22H20N4O3/c1-15(12-23)13-25-21-19-11-17(22-24-8-7-18(14-27)26-22)4-3-16(19)5-6-20(21)29-10-9-28-2/h3-8,11,14,25H,1,9-10,13H2,2H3. The number of fused-ring (bicyclic) bond motifs is 1. The lowest BCUT2D eigenvalue weighted by Gasteiger charge is -2.16. The molecule has 0 aliphatic rings. The molecule has 7 nitrogen and oxygen atoms in total. The molecule has 1 aromatic heterocycles. The molecule has 0 aliphatic carbocycles. The molecule has 0 saturated heterocycles. The van der Waals surface area contributed by atoms with Crippen LogP contribution in [0, 0.1) is 11.3 Å². The van der Waals surface area contributed by atoms with Gasteiger partial charge in [0.05, 0.1) is 18.4 Å². The molecule has 0 bridgehead atoms. The first-order valence-corrected chi connectivity index (χ1v) is 8.95. The fraction of sp³-hybridized carbons (Fsp3) is 0.182. The van der Waals surface area contributed by atoms with Crippen LogP contribution in [-0.2, 0) is 4.74 Å². The number of carbonyl (C=O) groups is 1. The number of carbonyl (C=O) groups excluding carboxylic acids is 1. The first-order valence-electron chi connectivity index (χ1n) is 8.95. The number of aldehydes is 1. The second kappa shape index (κ2) is 9.44. The summed E-state index contributed by atoms with van der Waals surface area (Å²) >= 11 is 0. The average Bonchev–Trinajstić information content (AvgIpc) is 2.77. The minimum absolute atomic E-state index is 0.289. The topological polar surface area (TPSA) is 97.1 Å². The van der Waals surface area contributed by atoms with Gasteiger partial charge in [-0.25, -0.2) is 9.97 Å². The lowest BCUT2D eigenvalue weighted by atomic mass is 10.0. The van der Waals surface area contributed by atoms with Gasteiger partial charge in [0.15, 0.2) is 12.1 Å². The molecule has 2 aromatic carbocycles. The molecule has 0 spiro atoms. The number of ether oxygens (including phenoxy) is 2. The molecule has 0 atom stereocenters. The maximum Gasteiger partial charge on any atom is 0.168 e. The lowest BCUT2D eigenvalue weighted by molar-refractivity contribution is 0.111. The van der Waals surface area contributed by atoms with E-state index in [-0.39, 0.29) is 6.54 Å². The van der Waals surface area contributed by atoms with E-state index < -0.39 is 0 Å². The number of benzene rings is 2. The second-order valence-corrected chi connectivity index (χ2v) is 6.21. The third-order valence-electron chi connectivity index (χ3n) is 4.22. The minimum Gasteiger partial charge on any atom is -0.489 e. The highest BCUT2D eigenvalue weighted by molar-refractivity contribution is 5.99. The molecule has 3 rings (SSSR count). The fourth-order valence-corrected chi connectivity index (χ4v) is 2.79. The van der Waals surface area contributed by atoms with E-state index in [0.29, 0.717) is 42.3 Å². The van der Waals surface area contributed by atoms with E-state index in [2.05, 4.69) is 21.9 Å². The Morgan fingerprint density at radius 3 is 2.86 bits per heavy atom. The van der Waals surface area contributed by atoms with Crippen LogP contribution in [0.4, 0.5) is 5.69 Å². The minimum atomic E-state index is 0.289. The van der Waals surface area contributed by atoms with Crippen molar-refractivity contribution in [1.82, 2.24) is 9.97 Å². The van der Waals surface area contributed by atoms with Crippen LogP contribution in [-0.4, -0.2) is 43.1 Å². The molecular formula is C22H20N4O3. The van der Waals surface area contributed by atoms with Crippen LogP contribution in [0.5, 0.6) is 5.75 Å². The third-order valence-corrected chi connectivity index (χ3v) is 4.22. The van der Waals surface area contributed by atoms with E-state index in [4.69, 9.17) is 14.7 Å². The Labute approximate surface area is 168 Å². The summed E-state index contributed by atoms with van der Waals surface area (Å²) in [5.74, 6) is 1.09. The van der Waals surface area contributed by atoms with Crippen molar-refractivity contribution in [2.45, 2.75) is 0 Å². The molecule has 7 heteroatoms. The molecule has 0 amide bonds. The van der Waals surface area contributed by atoms with Crippen LogP contribution < -0.4 is 10.1 Å². The molecule has 0 saturated carbocycles. The Morgan fingerprint density at radius 2 is 2.10 bits per heavy atom. The van der Waals surface area contributed by atoms with Crippen molar-refractivity contribution in [2.75, 3.05) is 32.2 Å². The summed E-state index contributed by atoms with van der Waals surface area (Å²) < 4.78 is 10.9. The Balaban J connectivity index is 2.08. The maximum absolute atomic E-state index is 11.0. The number of hydrogen-bond acceptors (Lipinski definition) is 7. The summed E-state index contributed by atoms with van der Waals surface area (Å²) in [6.07, 6.45) is 2.24. The van der Waals surface area contributed by atoms with Gasteiger partial charge < -0.3 is 14.8 Å². The first kappa shape index (κ1) is 20.0. The summed E-state index contributed by atoms with van der Waals surface area (Å²) in [5.41, 5.74) is 2.22. The van der Waals surface area contributed by atoms with Gasteiger partial charge in [0.2, 0.25) is 0 Å². The lowest BCUT2D eigenvalue weighted by Crippen LogP contribution is -2.09. The van der Waals surface area contributed by atoms with Gasteiger partial charge in [-0.3, -0.25) is 4.79 Å². The molecule has 146 valence electrons. The zero-order chi connectivity index (χ0) is 20.6. The Bertz CT molecular complexity index is 1090. The van der Waals surface area contributed by atoms with Crippen LogP contribution in [0.2, 0.25) is 0 Å². The van der Waals surface area contributed by atoms with Crippen molar-refractivity contribution in [1.29, 1.82) is 5.26 Å². The second-order valence-electron chi connectivity index (χ2n) is 6.21. The van der Waals surface area contributed by atoms with Crippen LogP contribution in [0.25, 0.3) is 22.2 Å². The van der Waals surface area contributed by atoms with Crippen molar-refractivity contribution >= 4 is 22.7 Å². The Morgan fingerprint density at radius 1 is 1.28 bits per heavy atom. The van der Waals surface area contributed by atoms with Gasteiger partial charge in [-0.1, -0.05) is 24.8 Å². The van der Waals surface area contributed by atoms with Crippen molar-refractivity contribution in [3.05, 3.63) is 60.4 Å². The van der Waals surface area contributed by atoms with Gasteiger partial charge in [0.25, 0.3) is 0 Å². The summed E-state index contributed by atoms with van der Waals surface area (Å²) in [4.78, 5) is 19.6. The van der Waals surface area contributed by atoms with E-state index in [1.165, 1.54) is 0 Å². The van der Waals surface area contributed by atoms with E-state index in [1.807, 2.05) is 36.4 Å².